The Kier molecular flexibility index (Phi) is 3.30. The van der Waals surface area contributed by atoms with Crippen molar-refractivity contribution in [2.45, 2.75) is 0 Å². The summed E-state index contributed by atoms with van der Waals surface area (Å²) in [6.07, 6.45) is 0. The van der Waals surface area contributed by atoms with Gasteiger partial charge in [0.15, 0.2) is 0 Å². The van der Waals surface area contributed by atoms with E-state index in [1.54, 1.807) is 23.7 Å². The van der Waals surface area contributed by atoms with E-state index in [1.807, 2.05) is 18.2 Å². The summed E-state index contributed by atoms with van der Waals surface area (Å²) < 4.78 is 1.03. The summed E-state index contributed by atoms with van der Waals surface area (Å²) in [5, 5.41) is 3.20. The molecule has 1 aromatic heterocycles. The molecule has 0 aliphatic heterocycles. The predicted molar refractivity (Wildman–Crippen MR) is 83.4 cm³/mol. The molecule has 0 radical (unpaired) electrons. The molecule has 100 valence electrons. The number of fused-ring (bicyclic) bond motifs is 1. The van der Waals surface area contributed by atoms with Crippen LogP contribution in [0.2, 0.25) is 5.02 Å². The third kappa shape index (κ3) is 2.45. The van der Waals surface area contributed by atoms with Gasteiger partial charge in [0.2, 0.25) is 0 Å². The van der Waals surface area contributed by atoms with Gasteiger partial charge in [0.25, 0.3) is 5.91 Å². The Bertz CT molecular complexity index is 800. The average Bonchev–Trinajstić information content (AvgIpc) is 2.89. The summed E-state index contributed by atoms with van der Waals surface area (Å²) in [5.41, 5.74) is 9.96. The van der Waals surface area contributed by atoms with E-state index in [9.17, 15) is 4.79 Å². The van der Waals surface area contributed by atoms with Crippen LogP contribution in [0.25, 0.3) is 10.2 Å². The number of nitrogen functional groups attached to an aromatic ring is 1. The van der Waals surface area contributed by atoms with Crippen molar-refractivity contribution in [3.05, 3.63) is 52.5 Å². The topological polar surface area (TPSA) is 68.0 Å². The average molecular weight is 304 g/mol. The number of benzene rings is 2. The summed E-state index contributed by atoms with van der Waals surface area (Å²) >= 11 is 7.44. The molecule has 1 heterocycles. The number of amides is 1. The van der Waals surface area contributed by atoms with Gasteiger partial charge in [0.05, 0.1) is 26.4 Å². The monoisotopic (exact) mass is 303 g/mol. The lowest BCUT2D eigenvalue weighted by atomic mass is 10.2. The molecule has 6 heteroatoms. The third-order valence-electron chi connectivity index (χ3n) is 2.85. The Balaban J connectivity index is 1.85. The zero-order chi connectivity index (χ0) is 14.1. The van der Waals surface area contributed by atoms with Gasteiger partial charge in [-0.1, -0.05) is 11.6 Å². The van der Waals surface area contributed by atoms with Gasteiger partial charge in [-0.3, -0.25) is 4.79 Å². The molecule has 2 aromatic carbocycles. The summed E-state index contributed by atoms with van der Waals surface area (Å²) in [6, 6.07) is 10.4. The highest BCUT2D eigenvalue weighted by atomic mass is 35.5. The number of hydrogen-bond acceptors (Lipinski definition) is 4. The number of aromatic nitrogens is 1. The molecule has 0 saturated heterocycles. The van der Waals surface area contributed by atoms with Gasteiger partial charge >= 0.3 is 0 Å². The quantitative estimate of drug-likeness (QED) is 0.708. The largest absolute Gasteiger partial charge is 0.398 e. The molecule has 0 spiro atoms. The summed E-state index contributed by atoms with van der Waals surface area (Å²) in [4.78, 5) is 16.3. The van der Waals surface area contributed by atoms with Crippen LogP contribution in [0.4, 0.5) is 11.4 Å². The molecule has 1 amide bonds. The van der Waals surface area contributed by atoms with Crippen LogP contribution >= 0.6 is 22.9 Å². The molecule has 20 heavy (non-hydrogen) atoms. The van der Waals surface area contributed by atoms with Crippen molar-refractivity contribution in [2.24, 2.45) is 0 Å². The maximum Gasteiger partial charge on any atom is 0.255 e. The molecule has 0 aliphatic rings. The van der Waals surface area contributed by atoms with Crippen molar-refractivity contribution in [1.82, 2.24) is 4.98 Å². The first-order valence-electron chi connectivity index (χ1n) is 5.83. The molecule has 0 bridgehead atoms. The summed E-state index contributed by atoms with van der Waals surface area (Å²) in [5.74, 6) is -0.226. The second-order valence-corrected chi connectivity index (χ2v) is 5.52. The van der Waals surface area contributed by atoms with Gasteiger partial charge in [-0.2, -0.15) is 0 Å². The lowest BCUT2D eigenvalue weighted by molar-refractivity contribution is 0.102. The lowest BCUT2D eigenvalue weighted by Crippen LogP contribution is -2.11. The molecular weight excluding hydrogens is 294 g/mol. The van der Waals surface area contributed by atoms with Crippen molar-refractivity contribution < 1.29 is 4.79 Å². The van der Waals surface area contributed by atoms with Crippen LogP contribution in [-0.4, -0.2) is 10.9 Å². The lowest BCUT2D eigenvalue weighted by Gasteiger charge is -2.06. The van der Waals surface area contributed by atoms with Gasteiger partial charge in [0.1, 0.15) is 0 Å². The van der Waals surface area contributed by atoms with Crippen LogP contribution in [0, 0.1) is 0 Å². The first-order valence-corrected chi connectivity index (χ1v) is 7.09. The molecule has 3 N–H and O–H groups in total. The standard InChI is InChI=1S/C14H10ClN3OS/c15-10-5-8(1-3-11(10)16)14(19)18-9-2-4-12-13(6-9)20-7-17-12/h1-7H,16H2,(H,18,19). The number of nitrogens with two attached hydrogens (primary N) is 1. The maximum absolute atomic E-state index is 12.1. The highest BCUT2D eigenvalue weighted by molar-refractivity contribution is 7.16. The third-order valence-corrected chi connectivity index (χ3v) is 3.97. The SMILES string of the molecule is Nc1ccc(C(=O)Nc2ccc3ncsc3c2)cc1Cl. The summed E-state index contributed by atoms with van der Waals surface area (Å²) in [6.45, 7) is 0. The Morgan fingerprint density at radius 2 is 2.10 bits per heavy atom. The van der Waals surface area contributed by atoms with Crippen molar-refractivity contribution in [3.63, 3.8) is 0 Å². The van der Waals surface area contributed by atoms with Crippen LogP contribution in [0.15, 0.2) is 41.9 Å². The van der Waals surface area contributed by atoms with Crippen LogP contribution in [0.1, 0.15) is 10.4 Å². The smallest absolute Gasteiger partial charge is 0.255 e. The van der Waals surface area contributed by atoms with Gasteiger partial charge in [-0.15, -0.1) is 11.3 Å². The molecule has 0 unspecified atom stereocenters. The normalized spacial score (nSPS) is 10.7. The Labute approximate surface area is 124 Å². The number of carbonyl (C=O) groups excluding carboxylic acids is 1. The van der Waals surface area contributed by atoms with Crippen LogP contribution in [0.3, 0.4) is 0 Å². The fourth-order valence-corrected chi connectivity index (χ4v) is 2.70. The first-order chi connectivity index (χ1) is 9.63. The number of nitrogens with zero attached hydrogens (tertiary/aromatic N) is 1. The van der Waals surface area contributed by atoms with E-state index in [0.717, 1.165) is 15.9 Å². The Morgan fingerprint density at radius 3 is 2.90 bits per heavy atom. The van der Waals surface area contributed by atoms with Crippen molar-refractivity contribution in [3.8, 4) is 0 Å². The molecule has 0 saturated carbocycles. The highest BCUT2D eigenvalue weighted by Gasteiger charge is 2.08. The maximum atomic E-state index is 12.1. The zero-order valence-corrected chi connectivity index (χ0v) is 11.8. The van der Waals surface area contributed by atoms with Gasteiger partial charge in [0, 0.05) is 11.3 Å². The van der Waals surface area contributed by atoms with E-state index in [4.69, 9.17) is 17.3 Å². The minimum absolute atomic E-state index is 0.226. The Morgan fingerprint density at radius 1 is 1.25 bits per heavy atom. The molecule has 0 atom stereocenters. The number of halogens is 1. The van der Waals surface area contributed by atoms with E-state index in [0.29, 0.717) is 16.3 Å². The summed E-state index contributed by atoms with van der Waals surface area (Å²) in [7, 11) is 0. The molecular formula is C14H10ClN3OS. The van der Waals surface area contributed by atoms with Crippen LogP contribution < -0.4 is 11.1 Å². The minimum atomic E-state index is -0.226. The fraction of sp³-hybridized carbons (Fsp3) is 0. The first kappa shape index (κ1) is 12.9. The van der Waals surface area contributed by atoms with Crippen molar-refractivity contribution >= 4 is 50.4 Å². The van der Waals surface area contributed by atoms with E-state index < -0.39 is 0 Å². The van der Waals surface area contributed by atoms with E-state index in [2.05, 4.69) is 10.3 Å². The van der Waals surface area contributed by atoms with Crippen molar-refractivity contribution in [1.29, 1.82) is 0 Å². The second kappa shape index (κ2) is 5.11. The van der Waals surface area contributed by atoms with Gasteiger partial charge in [-0.05, 0) is 36.4 Å². The number of carbonyl (C=O) groups is 1. The predicted octanol–water partition coefficient (Wildman–Crippen LogP) is 3.78. The second-order valence-electron chi connectivity index (χ2n) is 4.23. The van der Waals surface area contributed by atoms with Crippen molar-refractivity contribution in [2.75, 3.05) is 11.1 Å². The fourth-order valence-electron chi connectivity index (χ4n) is 1.80. The Hall–Kier alpha value is -2.11. The molecule has 0 aliphatic carbocycles. The van der Waals surface area contributed by atoms with E-state index >= 15 is 0 Å². The number of anilines is 2. The highest BCUT2D eigenvalue weighted by Crippen LogP contribution is 2.23. The molecule has 3 aromatic rings. The van der Waals surface area contributed by atoms with Crippen LogP contribution in [0.5, 0.6) is 0 Å². The van der Waals surface area contributed by atoms with E-state index in [-0.39, 0.29) is 5.91 Å². The zero-order valence-electron chi connectivity index (χ0n) is 10.3. The number of hydrogen-bond donors (Lipinski definition) is 2. The molecule has 4 nitrogen and oxygen atoms in total. The number of nitrogens with one attached hydrogen (secondary N) is 1. The minimum Gasteiger partial charge on any atom is -0.398 e. The molecule has 0 fully saturated rings. The molecule has 3 rings (SSSR count). The number of thiazole rings is 1. The van der Waals surface area contributed by atoms with E-state index in [1.165, 1.54) is 11.3 Å². The number of rotatable bonds is 2. The van der Waals surface area contributed by atoms with Gasteiger partial charge in [-0.25, -0.2) is 4.98 Å². The van der Waals surface area contributed by atoms with Gasteiger partial charge < -0.3 is 11.1 Å². The van der Waals surface area contributed by atoms with Crippen LogP contribution in [-0.2, 0) is 0 Å².